The number of ether oxygens (including phenoxy) is 3. The molecule has 1 saturated carbocycles. The summed E-state index contributed by atoms with van der Waals surface area (Å²) in [5.74, 6) is 1.35. The molecule has 1 fully saturated rings. The first-order chi connectivity index (χ1) is 21.8. The summed E-state index contributed by atoms with van der Waals surface area (Å²) in [6.45, 7) is 0.137. The van der Waals surface area contributed by atoms with Crippen molar-refractivity contribution in [2.45, 2.75) is 69.6 Å². The number of nitrogens with zero attached hydrogens (tertiary/aromatic N) is 1. The number of hydrogen-bond acceptors (Lipinski definition) is 8. The van der Waals surface area contributed by atoms with E-state index in [1.807, 2.05) is 46.9 Å². The van der Waals surface area contributed by atoms with E-state index >= 15 is 0 Å². The molecule has 3 unspecified atom stereocenters. The Morgan fingerprint density at radius 1 is 1.11 bits per heavy atom. The smallest absolute Gasteiger partial charge is 0.247 e. The number of halogens is 1. The van der Waals surface area contributed by atoms with Crippen molar-refractivity contribution in [2.24, 2.45) is 5.92 Å². The van der Waals surface area contributed by atoms with Crippen molar-refractivity contribution in [1.29, 1.82) is 0 Å². The minimum absolute atomic E-state index is 0.0611. The molecular weight excluding hydrogens is 691 g/mol. The molecule has 45 heavy (non-hydrogen) atoms. The molecule has 0 aromatic heterocycles. The number of hydrogen-bond donors (Lipinski definition) is 3. The summed E-state index contributed by atoms with van der Waals surface area (Å²) in [6.07, 6.45) is 6.42. The second kappa shape index (κ2) is 17.0. The van der Waals surface area contributed by atoms with Crippen LogP contribution in [-0.4, -0.2) is 85.4 Å². The Hall–Kier alpha value is -3.16. The van der Waals surface area contributed by atoms with Gasteiger partial charge in [0, 0.05) is 37.1 Å². The average molecular weight is 735 g/mol. The maximum Gasteiger partial charge on any atom is 0.247 e. The molecule has 0 saturated heterocycles. The van der Waals surface area contributed by atoms with Gasteiger partial charge in [0.25, 0.3) is 0 Å². The molecule has 0 spiro atoms. The van der Waals surface area contributed by atoms with E-state index in [-0.39, 0.29) is 25.5 Å². The average Bonchev–Trinajstić information content (AvgIpc) is 3.58. The molecule has 3 atom stereocenters. The number of rotatable bonds is 15. The van der Waals surface area contributed by atoms with Crippen LogP contribution in [-0.2, 0) is 16.0 Å². The van der Waals surface area contributed by atoms with Gasteiger partial charge in [0.05, 0.1) is 30.4 Å². The second-order valence-corrected chi connectivity index (χ2v) is 12.7. The van der Waals surface area contributed by atoms with Crippen LogP contribution >= 0.6 is 22.6 Å². The maximum absolute atomic E-state index is 14.0. The second-order valence-electron chi connectivity index (χ2n) is 11.5. The Labute approximate surface area is 278 Å². The van der Waals surface area contributed by atoms with Gasteiger partial charge in [-0.25, -0.2) is 0 Å². The van der Waals surface area contributed by atoms with E-state index in [1.165, 1.54) is 20.0 Å². The van der Waals surface area contributed by atoms with Gasteiger partial charge >= 0.3 is 0 Å². The number of carbonyl (C=O) groups is 3. The predicted molar refractivity (Wildman–Crippen MR) is 178 cm³/mol. The molecule has 2 aromatic carbocycles. The van der Waals surface area contributed by atoms with Gasteiger partial charge in [-0.2, -0.15) is 0 Å². The van der Waals surface area contributed by atoms with E-state index in [0.717, 1.165) is 24.8 Å². The molecule has 2 aliphatic carbocycles. The molecule has 3 N–H and O–H groups in total. The zero-order chi connectivity index (χ0) is 32.3. The van der Waals surface area contributed by atoms with Crippen molar-refractivity contribution >= 4 is 40.7 Å². The SMILES string of the molecule is COc1ccccc1CCN(C(=O)CCC1CCCC1)C1CC(C(=O)NCCO)=CC(Oc2c(I)cc(C=O)cc2OC)C1O. The van der Waals surface area contributed by atoms with E-state index in [0.29, 0.717) is 63.5 Å². The summed E-state index contributed by atoms with van der Waals surface area (Å²) in [7, 11) is 3.06. The van der Waals surface area contributed by atoms with Gasteiger partial charge in [0.2, 0.25) is 11.8 Å². The normalized spacial score (nSPS) is 19.8. The predicted octanol–water partition coefficient (Wildman–Crippen LogP) is 4.08. The van der Waals surface area contributed by atoms with Crippen LogP contribution in [0.4, 0.5) is 0 Å². The zero-order valence-corrected chi connectivity index (χ0v) is 28.0. The van der Waals surface area contributed by atoms with E-state index in [1.54, 1.807) is 30.2 Å². The number of aldehydes is 1. The fourth-order valence-corrected chi connectivity index (χ4v) is 6.99. The largest absolute Gasteiger partial charge is 0.496 e. The molecule has 11 heteroatoms. The molecule has 244 valence electrons. The Kier molecular flexibility index (Phi) is 13.1. The highest BCUT2D eigenvalue weighted by Gasteiger charge is 2.41. The van der Waals surface area contributed by atoms with Crippen LogP contribution in [0.1, 0.15) is 60.9 Å². The maximum atomic E-state index is 14.0. The molecule has 0 radical (unpaired) electrons. The number of benzene rings is 2. The summed E-state index contributed by atoms with van der Waals surface area (Å²) >= 11 is 2.03. The van der Waals surface area contributed by atoms with Gasteiger partial charge in [0.15, 0.2) is 11.5 Å². The third-order valence-electron chi connectivity index (χ3n) is 8.63. The number of aliphatic hydroxyl groups is 2. The van der Waals surface area contributed by atoms with Crippen molar-refractivity contribution in [3.8, 4) is 17.2 Å². The molecule has 10 nitrogen and oxygen atoms in total. The van der Waals surface area contributed by atoms with E-state index < -0.39 is 24.2 Å². The van der Waals surface area contributed by atoms with Crippen LogP contribution in [0, 0.1) is 9.49 Å². The van der Waals surface area contributed by atoms with Crippen LogP contribution in [0.25, 0.3) is 0 Å². The number of carbonyl (C=O) groups excluding carboxylic acids is 3. The Morgan fingerprint density at radius 2 is 1.84 bits per heavy atom. The number of amides is 2. The Bertz CT molecular complexity index is 1360. The minimum atomic E-state index is -1.18. The fraction of sp³-hybridized carbons (Fsp3) is 0.500. The van der Waals surface area contributed by atoms with Crippen molar-refractivity contribution in [3.63, 3.8) is 0 Å². The van der Waals surface area contributed by atoms with Gasteiger partial charge in [-0.3, -0.25) is 14.4 Å². The number of methoxy groups -OCH3 is 2. The first kappa shape index (κ1) is 34.7. The van der Waals surface area contributed by atoms with Crippen molar-refractivity contribution < 1.29 is 38.8 Å². The van der Waals surface area contributed by atoms with Crippen LogP contribution in [0.5, 0.6) is 17.2 Å². The Balaban J connectivity index is 1.68. The summed E-state index contributed by atoms with van der Waals surface area (Å²) in [5.41, 5.74) is 1.67. The summed E-state index contributed by atoms with van der Waals surface area (Å²) in [5, 5.41) is 23.9. The molecule has 0 aliphatic heterocycles. The first-order valence-electron chi connectivity index (χ1n) is 15.5. The van der Waals surface area contributed by atoms with Crippen LogP contribution in [0.3, 0.4) is 0 Å². The summed E-state index contributed by atoms with van der Waals surface area (Å²) in [6, 6.07) is 10.1. The third-order valence-corrected chi connectivity index (χ3v) is 9.43. The minimum Gasteiger partial charge on any atom is -0.496 e. The highest BCUT2D eigenvalue weighted by atomic mass is 127. The lowest BCUT2D eigenvalue weighted by molar-refractivity contribution is -0.138. The van der Waals surface area contributed by atoms with E-state index in [2.05, 4.69) is 5.32 Å². The standard InChI is InChI=1S/C34H43IN2O8/c1-43-28-10-6-5-9-24(28)13-15-37(31(40)12-11-22-7-3-4-8-22)27-19-25(34(42)36-14-16-38)20-29(32(27)41)45-33-26(35)17-23(21-39)18-30(33)44-2/h5-6,9-10,17-18,20-22,27,29,32,38,41H,3-4,7-8,11-16,19H2,1-2H3,(H,36,42). The van der Waals surface area contributed by atoms with Crippen molar-refractivity contribution in [1.82, 2.24) is 10.2 Å². The first-order valence-corrected chi connectivity index (χ1v) is 16.6. The van der Waals surface area contributed by atoms with Gasteiger partial charge in [0.1, 0.15) is 24.2 Å². The molecule has 0 heterocycles. The lowest BCUT2D eigenvalue weighted by Gasteiger charge is -2.41. The number of aliphatic hydroxyl groups excluding tert-OH is 2. The zero-order valence-electron chi connectivity index (χ0n) is 25.9. The van der Waals surface area contributed by atoms with Crippen molar-refractivity contribution in [3.05, 3.63) is 62.7 Å². The van der Waals surface area contributed by atoms with Gasteiger partial charge in [-0.1, -0.05) is 43.9 Å². The quantitative estimate of drug-likeness (QED) is 0.184. The molecule has 4 rings (SSSR count). The van der Waals surface area contributed by atoms with E-state index in [9.17, 15) is 24.6 Å². The lowest BCUT2D eigenvalue weighted by atomic mass is 9.87. The van der Waals surface area contributed by atoms with Crippen LogP contribution in [0.15, 0.2) is 48.0 Å². The molecule has 2 aliphatic rings. The number of para-hydroxylation sites is 1. The topological polar surface area (TPSA) is 135 Å². The third kappa shape index (κ3) is 8.98. The van der Waals surface area contributed by atoms with Crippen molar-refractivity contribution in [2.75, 3.05) is 33.9 Å². The number of nitrogens with one attached hydrogen (secondary N) is 1. The lowest BCUT2D eigenvalue weighted by Crippen LogP contribution is -2.55. The van der Waals surface area contributed by atoms with E-state index in [4.69, 9.17) is 14.2 Å². The van der Waals surface area contributed by atoms with Crippen LogP contribution in [0.2, 0.25) is 0 Å². The molecule has 2 amide bonds. The molecule has 2 aromatic rings. The molecular formula is C34H43IN2O8. The van der Waals surface area contributed by atoms with Crippen LogP contribution < -0.4 is 19.5 Å². The van der Waals surface area contributed by atoms with Gasteiger partial charge < -0.3 is 34.6 Å². The highest BCUT2D eigenvalue weighted by Crippen LogP contribution is 2.37. The Morgan fingerprint density at radius 3 is 2.53 bits per heavy atom. The fourth-order valence-electron chi connectivity index (χ4n) is 6.23. The summed E-state index contributed by atoms with van der Waals surface area (Å²) in [4.78, 5) is 40.4. The highest BCUT2D eigenvalue weighted by molar-refractivity contribution is 14.1. The summed E-state index contributed by atoms with van der Waals surface area (Å²) < 4.78 is 18.0. The van der Waals surface area contributed by atoms with Gasteiger partial charge in [-0.15, -0.1) is 0 Å². The van der Waals surface area contributed by atoms with Gasteiger partial charge in [-0.05, 0) is 71.2 Å². The monoisotopic (exact) mass is 734 g/mol. The molecule has 0 bridgehead atoms.